The normalized spacial score (nSPS) is 43.8. The lowest BCUT2D eigenvalue weighted by Gasteiger charge is -2.53. The van der Waals surface area contributed by atoms with Crippen LogP contribution in [0.5, 0.6) is 0 Å². The fraction of sp³-hybridized carbons (Fsp3) is 0.652. The van der Waals surface area contributed by atoms with Gasteiger partial charge in [0.05, 0.1) is 0 Å². The van der Waals surface area contributed by atoms with Crippen LogP contribution in [-0.2, 0) is 0 Å². The van der Waals surface area contributed by atoms with Crippen molar-refractivity contribution in [3.63, 3.8) is 0 Å². The molecule has 6 unspecified atom stereocenters. The molecular weight excluding hydrogens is 292 g/mol. The minimum atomic E-state index is 0.433. The second-order valence-electron chi connectivity index (χ2n) is 8.88. The van der Waals surface area contributed by atoms with Crippen molar-refractivity contribution in [1.29, 1.82) is 0 Å². The van der Waals surface area contributed by atoms with Crippen LogP contribution < -0.4 is 0 Å². The second kappa shape index (κ2) is 5.93. The second-order valence-corrected chi connectivity index (χ2v) is 8.88. The van der Waals surface area contributed by atoms with E-state index in [-0.39, 0.29) is 0 Å². The monoisotopic (exact) mass is 324 g/mol. The van der Waals surface area contributed by atoms with Crippen molar-refractivity contribution in [2.45, 2.75) is 58.8 Å². The summed E-state index contributed by atoms with van der Waals surface area (Å²) in [7, 11) is 0. The molecule has 1 nitrogen and oxygen atoms in total. The predicted molar refractivity (Wildman–Crippen MR) is 101 cm³/mol. The summed E-state index contributed by atoms with van der Waals surface area (Å²) in [6.07, 6.45) is 17.4. The van der Waals surface area contributed by atoms with E-state index in [0.29, 0.717) is 17.1 Å². The first kappa shape index (κ1) is 16.2. The summed E-state index contributed by atoms with van der Waals surface area (Å²) in [5.74, 6) is 4.27. The van der Waals surface area contributed by atoms with E-state index < -0.39 is 0 Å². The zero-order valence-electron chi connectivity index (χ0n) is 15.3. The Kier molecular flexibility index (Phi) is 4.01. The van der Waals surface area contributed by atoms with Crippen LogP contribution in [0.25, 0.3) is 0 Å². The molecule has 4 aliphatic carbocycles. The summed E-state index contributed by atoms with van der Waals surface area (Å²) in [6.45, 7) is 9.28. The average molecular weight is 325 g/mol. The van der Waals surface area contributed by atoms with Crippen molar-refractivity contribution in [2.75, 3.05) is 0 Å². The van der Waals surface area contributed by atoms with Gasteiger partial charge in [0, 0.05) is 5.92 Å². The van der Waals surface area contributed by atoms with Gasteiger partial charge in [0.25, 0.3) is 0 Å². The molecule has 0 bridgehead atoms. The SMILES string of the molecule is C=C(CC)C1CCC2C3CCC4=CC(O)=CC=CC4C3CCC12C. The third-order valence-corrected chi connectivity index (χ3v) is 8.01. The third kappa shape index (κ3) is 2.35. The Hall–Kier alpha value is -1.24. The molecule has 0 amide bonds. The van der Waals surface area contributed by atoms with Crippen LogP contribution in [0.3, 0.4) is 0 Å². The largest absolute Gasteiger partial charge is 0.508 e. The Morgan fingerprint density at radius 3 is 2.88 bits per heavy atom. The Morgan fingerprint density at radius 2 is 2.08 bits per heavy atom. The summed E-state index contributed by atoms with van der Waals surface area (Å²) in [6, 6.07) is 0. The van der Waals surface area contributed by atoms with E-state index in [1.165, 1.54) is 49.7 Å². The molecule has 24 heavy (non-hydrogen) atoms. The maximum absolute atomic E-state index is 9.96. The minimum absolute atomic E-state index is 0.433. The molecule has 0 aromatic carbocycles. The van der Waals surface area contributed by atoms with Gasteiger partial charge in [-0.25, -0.2) is 0 Å². The molecule has 0 aromatic rings. The van der Waals surface area contributed by atoms with E-state index in [9.17, 15) is 5.11 Å². The number of aliphatic hydroxyl groups is 1. The molecule has 1 heteroatoms. The molecule has 1 N–H and O–H groups in total. The van der Waals surface area contributed by atoms with Gasteiger partial charge in [-0.2, -0.15) is 0 Å². The van der Waals surface area contributed by atoms with Crippen molar-refractivity contribution >= 4 is 0 Å². The molecular formula is C23H32O. The molecule has 0 aliphatic heterocycles. The lowest BCUT2D eigenvalue weighted by Crippen LogP contribution is -2.45. The van der Waals surface area contributed by atoms with Crippen molar-refractivity contribution in [3.8, 4) is 0 Å². The van der Waals surface area contributed by atoms with E-state index >= 15 is 0 Å². The zero-order chi connectivity index (χ0) is 16.9. The molecule has 0 aromatic heterocycles. The summed E-state index contributed by atoms with van der Waals surface area (Å²) in [4.78, 5) is 0. The van der Waals surface area contributed by atoms with Gasteiger partial charge in [0.2, 0.25) is 0 Å². The number of allylic oxidation sites excluding steroid dienone is 6. The highest BCUT2D eigenvalue weighted by Crippen LogP contribution is 2.64. The summed E-state index contributed by atoms with van der Waals surface area (Å²) < 4.78 is 0. The van der Waals surface area contributed by atoms with Gasteiger partial charge >= 0.3 is 0 Å². The number of rotatable bonds is 2. The fourth-order valence-electron chi connectivity index (χ4n) is 6.82. The average Bonchev–Trinajstić information content (AvgIpc) is 2.80. The van der Waals surface area contributed by atoms with Crippen molar-refractivity contribution < 1.29 is 5.11 Å². The van der Waals surface area contributed by atoms with Gasteiger partial charge in [-0.1, -0.05) is 43.7 Å². The van der Waals surface area contributed by atoms with Crippen LogP contribution in [0, 0.1) is 35.0 Å². The number of hydrogen-bond donors (Lipinski definition) is 1. The molecule has 0 spiro atoms. The van der Waals surface area contributed by atoms with Crippen molar-refractivity contribution in [1.82, 2.24) is 0 Å². The molecule has 0 saturated heterocycles. The van der Waals surface area contributed by atoms with Gasteiger partial charge in [0.15, 0.2) is 0 Å². The predicted octanol–water partition coefficient (Wildman–Crippen LogP) is 6.36. The molecule has 4 aliphatic rings. The number of aliphatic hydroxyl groups excluding tert-OH is 1. The summed E-state index contributed by atoms with van der Waals surface area (Å²) >= 11 is 0. The molecule has 3 saturated carbocycles. The number of fused-ring (bicyclic) bond motifs is 5. The van der Waals surface area contributed by atoms with Crippen LogP contribution in [0.4, 0.5) is 0 Å². The maximum Gasteiger partial charge on any atom is 0.115 e. The fourth-order valence-corrected chi connectivity index (χ4v) is 6.82. The molecule has 0 heterocycles. The van der Waals surface area contributed by atoms with Crippen LogP contribution in [0.15, 0.2) is 47.8 Å². The summed E-state index contributed by atoms with van der Waals surface area (Å²) in [5, 5.41) is 9.96. The highest BCUT2D eigenvalue weighted by Gasteiger charge is 2.55. The third-order valence-electron chi connectivity index (χ3n) is 8.01. The van der Waals surface area contributed by atoms with Gasteiger partial charge in [0.1, 0.15) is 5.76 Å². The van der Waals surface area contributed by atoms with Gasteiger partial charge in [-0.05, 0) is 86.2 Å². The molecule has 4 rings (SSSR count). The number of hydrogen-bond acceptors (Lipinski definition) is 1. The maximum atomic E-state index is 9.96. The Morgan fingerprint density at radius 1 is 1.25 bits per heavy atom. The smallest absolute Gasteiger partial charge is 0.115 e. The van der Waals surface area contributed by atoms with Crippen molar-refractivity contribution in [3.05, 3.63) is 47.8 Å². The topological polar surface area (TPSA) is 20.2 Å². The van der Waals surface area contributed by atoms with Crippen molar-refractivity contribution in [2.24, 2.45) is 35.0 Å². The van der Waals surface area contributed by atoms with Crippen LogP contribution >= 0.6 is 0 Å². The first-order chi connectivity index (χ1) is 11.5. The first-order valence-corrected chi connectivity index (χ1v) is 10.00. The highest BCUT2D eigenvalue weighted by atomic mass is 16.3. The lowest BCUT2D eigenvalue weighted by atomic mass is 9.51. The van der Waals surface area contributed by atoms with E-state index in [1.54, 1.807) is 0 Å². The van der Waals surface area contributed by atoms with Crippen LogP contribution in [-0.4, -0.2) is 5.11 Å². The van der Waals surface area contributed by atoms with E-state index in [4.69, 9.17) is 0 Å². The lowest BCUT2D eigenvalue weighted by molar-refractivity contribution is -0.00472. The molecule has 3 fully saturated rings. The Bertz CT molecular complexity index is 622. The van der Waals surface area contributed by atoms with Gasteiger partial charge in [-0.3, -0.25) is 0 Å². The first-order valence-electron chi connectivity index (χ1n) is 10.00. The van der Waals surface area contributed by atoms with Gasteiger partial charge < -0.3 is 5.11 Å². The highest BCUT2D eigenvalue weighted by molar-refractivity contribution is 5.33. The van der Waals surface area contributed by atoms with E-state index in [0.717, 1.165) is 30.1 Å². The molecule has 130 valence electrons. The minimum Gasteiger partial charge on any atom is -0.508 e. The Labute approximate surface area is 147 Å². The Balaban J connectivity index is 1.62. The standard InChI is InChI=1S/C23H32O/c1-4-15(2)21-10-11-22-20-9-8-16-14-17(24)6-5-7-18(16)19(20)12-13-23(21,22)3/h5-7,14,18-22,24H,2,4,8-13H2,1,3H3. The molecule has 0 radical (unpaired) electrons. The van der Waals surface area contributed by atoms with Crippen LogP contribution in [0.2, 0.25) is 0 Å². The van der Waals surface area contributed by atoms with Gasteiger partial charge in [-0.15, -0.1) is 0 Å². The van der Waals surface area contributed by atoms with Crippen LogP contribution in [0.1, 0.15) is 58.8 Å². The molecule has 6 atom stereocenters. The van der Waals surface area contributed by atoms with E-state index in [1.807, 2.05) is 12.2 Å². The van der Waals surface area contributed by atoms with E-state index in [2.05, 4.69) is 32.6 Å². The zero-order valence-corrected chi connectivity index (χ0v) is 15.3. The summed E-state index contributed by atoms with van der Waals surface area (Å²) in [5.41, 5.74) is 3.46. The quantitative estimate of drug-likeness (QED) is 0.586.